The molecule has 0 radical (unpaired) electrons. The minimum absolute atomic E-state index is 0.0476. The maximum Gasteiger partial charge on any atom is 0.255 e. The number of carbonyl (C=O) groups excluding carboxylic acids is 1. The first-order valence-corrected chi connectivity index (χ1v) is 6.28. The molecule has 2 aliphatic rings. The lowest BCUT2D eigenvalue weighted by Gasteiger charge is -2.65. The molecule has 1 amide bonds. The lowest BCUT2D eigenvalue weighted by atomic mass is 9.46. The van der Waals surface area contributed by atoms with Gasteiger partial charge in [-0.3, -0.25) is 4.79 Å². The summed E-state index contributed by atoms with van der Waals surface area (Å²) < 4.78 is 30.0. The van der Waals surface area contributed by atoms with Crippen molar-refractivity contribution < 1.29 is 18.3 Å². The average molecular weight is 262 g/mol. The summed E-state index contributed by atoms with van der Waals surface area (Å²) in [7, 11) is 0. The van der Waals surface area contributed by atoms with E-state index in [1.165, 1.54) is 0 Å². The van der Waals surface area contributed by atoms with Crippen molar-refractivity contribution in [2.75, 3.05) is 13.2 Å². The lowest BCUT2D eigenvalue weighted by molar-refractivity contribution is -0.225. The number of carbonyl (C=O) groups is 1. The molecule has 1 heterocycles. The van der Waals surface area contributed by atoms with Crippen LogP contribution >= 0.6 is 0 Å². The zero-order chi connectivity index (χ0) is 13.6. The van der Waals surface area contributed by atoms with Gasteiger partial charge >= 0.3 is 0 Å². The van der Waals surface area contributed by atoms with Crippen molar-refractivity contribution in [3.05, 3.63) is 0 Å². The van der Waals surface area contributed by atoms with E-state index < -0.39 is 29.8 Å². The minimum atomic E-state index is -2.56. The highest BCUT2D eigenvalue weighted by molar-refractivity contribution is 5.89. The van der Waals surface area contributed by atoms with Crippen molar-refractivity contribution in [2.24, 2.45) is 17.1 Å². The molecular formula is C12H20F2N2O2. The number of ether oxygens (including phenoxy) is 1. The Morgan fingerprint density at radius 3 is 2.83 bits per heavy atom. The molecule has 0 aromatic rings. The van der Waals surface area contributed by atoms with Gasteiger partial charge in [-0.05, 0) is 12.8 Å². The molecule has 1 saturated heterocycles. The van der Waals surface area contributed by atoms with Gasteiger partial charge in [-0.25, -0.2) is 8.78 Å². The second-order valence-corrected chi connectivity index (χ2v) is 5.73. The van der Waals surface area contributed by atoms with E-state index in [0.717, 1.165) is 12.8 Å². The zero-order valence-electron chi connectivity index (χ0n) is 10.7. The van der Waals surface area contributed by atoms with Crippen LogP contribution in [0.4, 0.5) is 8.78 Å². The summed E-state index contributed by atoms with van der Waals surface area (Å²) in [5.41, 5.74) is 4.60. The van der Waals surface area contributed by atoms with E-state index in [9.17, 15) is 13.6 Å². The highest BCUT2D eigenvalue weighted by Crippen LogP contribution is 2.57. The molecule has 0 aromatic carbocycles. The quantitative estimate of drug-likeness (QED) is 0.794. The standard InChI is InChI=1S/C12H20F2N2O2/c1-11(2)9-7(4-3-5-18-9)12(11,15)10(17)16-6-8(13)14/h7-9H,3-6,15H2,1-2H3,(H,16,17). The lowest BCUT2D eigenvalue weighted by Crippen LogP contribution is -2.82. The van der Waals surface area contributed by atoms with Crippen LogP contribution in [0.2, 0.25) is 0 Å². The number of halogens is 2. The van der Waals surface area contributed by atoms with Crippen LogP contribution in [0, 0.1) is 11.3 Å². The maximum absolute atomic E-state index is 12.2. The largest absolute Gasteiger partial charge is 0.377 e. The highest BCUT2D eigenvalue weighted by Gasteiger charge is 2.70. The number of nitrogens with one attached hydrogen (secondary N) is 1. The Bertz CT molecular complexity index is 349. The van der Waals surface area contributed by atoms with Crippen LogP contribution in [0.1, 0.15) is 26.7 Å². The second kappa shape index (κ2) is 4.42. The molecule has 0 bridgehead atoms. The third kappa shape index (κ3) is 1.73. The van der Waals surface area contributed by atoms with Gasteiger partial charge in [0, 0.05) is 17.9 Å². The summed E-state index contributed by atoms with van der Waals surface area (Å²) in [5.74, 6) is -0.557. The van der Waals surface area contributed by atoms with Crippen molar-refractivity contribution in [1.82, 2.24) is 5.32 Å². The molecule has 18 heavy (non-hydrogen) atoms. The predicted molar refractivity (Wildman–Crippen MR) is 62.2 cm³/mol. The molecule has 0 aromatic heterocycles. The molecule has 1 aliphatic heterocycles. The van der Waals surface area contributed by atoms with Crippen LogP contribution in [0.5, 0.6) is 0 Å². The van der Waals surface area contributed by atoms with Crippen LogP contribution in [0.25, 0.3) is 0 Å². The number of hydrogen-bond acceptors (Lipinski definition) is 3. The van der Waals surface area contributed by atoms with Gasteiger partial charge in [0.25, 0.3) is 6.43 Å². The monoisotopic (exact) mass is 262 g/mol. The van der Waals surface area contributed by atoms with Gasteiger partial charge in [-0.1, -0.05) is 13.8 Å². The summed E-state index contributed by atoms with van der Waals surface area (Å²) in [5, 5.41) is 2.24. The van der Waals surface area contributed by atoms with Gasteiger partial charge in [0.1, 0.15) is 5.54 Å². The Labute approximate surface area is 105 Å². The molecule has 1 saturated carbocycles. The first kappa shape index (κ1) is 13.7. The molecule has 3 N–H and O–H groups in total. The van der Waals surface area contributed by atoms with E-state index in [-0.39, 0.29) is 12.0 Å². The molecule has 1 aliphatic carbocycles. The highest BCUT2D eigenvalue weighted by atomic mass is 19.3. The number of nitrogens with two attached hydrogens (primary N) is 1. The van der Waals surface area contributed by atoms with Crippen LogP contribution in [-0.2, 0) is 9.53 Å². The van der Waals surface area contributed by atoms with Crippen molar-refractivity contribution in [2.45, 2.75) is 44.8 Å². The molecule has 2 rings (SSSR count). The number of fused-ring (bicyclic) bond motifs is 1. The molecule has 2 fully saturated rings. The average Bonchev–Trinajstić information content (AvgIpc) is 2.34. The van der Waals surface area contributed by atoms with Gasteiger partial charge in [-0.2, -0.15) is 0 Å². The third-order valence-corrected chi connectivity index (χ3v) is 4.48. The summed E-state index contributed by atoms with van der Waals surface area (Å²) in [6.45, 7) is 3.76. The smallest absolute Gasteiger partial charge is 0.255 e. The Morgan fingerprint density at radius 2 is 2.22 bits per heavy atom. The number of rotatable bonds is 3. The van der Waals surface area contributed by atoms with Crippen LogP contribution in [0.15, 0.2) is 0 Å². The van der Waals surface area contributed by atoms with Crippen molar-refractivity contribution in [3.63, 3.8) is 0 Å². The molecule has 0 spiro atoms. The number of amides is 1. The maximum atomic E-state index is 12.2. The summed E-state index contributed by atoms with van der Waals surface area (Å²) in [6, 6.07) is 0. The molecule has 3 atom stereocenters. The van der Waals surface area contributed by atoms with Crippen LogP contribution in [0.3, 0.4) is 0 Å². The predicted octanol–water partition coefficient (Wildman–Crippen LogP) is 0.900. The van der Waals surface area contributed by atoms with Gasteiger partial charge in [0.2, 0.25) is 5.91 Å². The molecular weight excluding hydrogens is 242 g/mol. The van der Waals surface area contributed by atoms with E-state index in [1.807, 2.05) is 13.8 Å². The second-order valence-electron chi connectivity index (χ2n) is 5.73. The van der Waals surface area contributed by atoms with Crippen LogP contribution in [-0.4, -0.2) is 37.1 Å². The first-order chi connectivity index (χ1) is 8.31. The summed E-state index contributed by atoms with van der Waals surface area (Å²) in [4.78, 5) is 12.1. The van der Waals surface area contributed by atoms with Gasteiger partial charge < -0.3 is 15.8 Å². The van der Waals surface area contributed by atoms with E-state index in [1.54, 1.807) is 0 Å². The summed E-state index contributed by atoms with van der Waals surface area (Å²) in [6.07, 6.45) is -0.932. The topological polar surface area (TPSA) is 64.3 Å². The first-order valence-electron chi connectivity index (χ1n) is 6.28. The third-order valence-electron chi connectivity index (χ3n) is 4.48. The Balaban J connectivity index is 2.11. The molecule has 3 unspecified atom stereocenters. The summed E-state index contributed by atoms with van der Waals surface area (Å²) >= 11 is 0. The van der Waals surface area contributed by atoms with E-state index >= 15 is 0 Å². The van der Waals surface area contributed by atoms with Gasteiger partial charge in [0.05, 0.1) is 12.6 Å². The number of hydrogen-bond donors (Lipinski definition) is 2. The van der Waals surface area contributed by atoms with E-state index in [4.69, 9.17) is 10.5 Å². The molecule has 6 heteroatoms. The van der Waals surface area contributed by atoms with Crippen molar-refractivity contribution in [1.29, 1.82) is 0 Å². The molecule has 4 nitrogen and oxygen atoms in total. The SMILES string of the molecule is CC1(C)C2OCCCC2C1(N)C(=O)NCC(F)F. The van der Waals surface area contributed by atoms with E-state index in [2.05, 4.69) is 5.32 Å². The Morgan fingerprint density at radius 1 is 1.56 bits per heavy atom. The minimum Gasteiger partial charge on any atom is -0.377 e. The fourth-order valence-corrected chi connectivity index (χ4v) is 3.35. The fourth-order valence-electron chi connectivity index (χ4n) is 3.35. The zero-order valence-corrected chi connectivity index (χ0v) is 10.7. The normalized spacial score (nSPS) is 37.9. The Hall–Kier alpha value is -0.750. The molecule has 104 valence electrons. The van der Waals surface area contributed by atoms with Gasteiger partial charge in [0.15, 0.2) is 0 Å². The van der Waals surface area contributed by atoms with E-state index in [0.29, 0.717) is 6.61 Å². The van der Waals surface area contributed by atoms with Gasteiger partial charge in [-0.15, -0.1) is 0 Å². The fraction of sp³-hybridized carbons (Fsp3) is 0.917. The number of alkyl halides is 2. The Kier molecular flexibility index (Phi) is 3.36. The van der Waals surface area contributed by atoms with Crippen molar-refractivity contribution >= 4 is 5.91 Å². The van der Waals surface area contributed by atoms with Crippen molar-refractivity contribution in [3.8, 4) is 0 Å². The van der Waals surface area contributed by atoms with Crippen LogP contribution < -0.4 is 11.1 Å².